The van der Waals surface area contributed by atoms with Crippen molar-refractivity contribution in [2.75, 3.05) is 19.8 Å². The van der Waals surface area contributed by atoms with Crippen molar-refractivity contribution in [1.29, 1.82) is 0 Å². The topological polar surface area (TPSA) is 97.0 Å². The van der Waals surface area contributed by atoms with E-state index in [1.165, 1.54) is 0 Å². The first-order valence-electron chi connectivity index (χ1n) is 11.3. The third-order valence-corrected chi connectivity index (χ3v) is 6.54. The zero-order valence-electron chi connectivity index (χ0n) is 19.1. The zero-order valence-corrected chi connectivity index (χ0v) is 19.9. The number of halogens is 1. The molecule has 180 valence electrons. The molecular formula is C26H24ClN3O5. The van der Waals surface area contributed by atoms with Gasteiger partial charge >= 0.3 is 6.03 Å². The molecule has 0 bridgehead atoms. The maximum absolute atomic E-state index is 13.2. The van der Waals surface area contributed by atoms with E-state index in [0.29, 0.717) is 40.9 Å². The number of amides is 4. The fourth-order valence-corrected chi connectivity index (χ4v) is 4.61. The van der Waals surface area contributed by atoms with Crippen LogP contribution < -0.4 is 20.1 Å². The lowest BCUT2D eigenvalue weighted by atomic mass is 9.90. The summed E-state index contributed by atoms with van der Waals surface area (Å²) < 4.78 is 11.3. The molecule has 3 aromatic carbocycles. The van der Waals surface area contributed by atoms with Gasteiger partial charge in [0.25, 0.3) is 5.91 Å². The fourth-order valence-electron chi connectivity index (χ4n) is 4.32. The van der Waals surface area contributed by atoms with E-state index in [4.69, 9.17) is 21.1 Å². The molecule has 8 nitrogen and oxygen atoms in total. The summed E-state index contributed by atoms with van der Waals surface area (Å²) in [5.41, 5.74) is 0.105. The number of rotatable bonds is 5. The molecule has 1 fully saturated rings. The van der Waals surface area contributed by atoms with Crippen LogP contribution in [0.3, 0.4) is 0 Å². The predicted octanol–water partition coefficient (Wildman–Crippen LogP) is 3.74. The van der Waals surface area contributed by atoms with Crippen LogP contribution in [0.4, 0.5) is 4.79 Å². The van der Waals surface area contributed by atoms with Crippen LogP contribution in [-0.2, 0) is 21.7 Å². The van der Waals surface area contributed by atoms with Crippen LogP contribution in [0.15, 0.2) is 54.6 Å². The number of imide groups is 1. The van der Waals surface area contributed by atoms with E-state index < -0.39 is 29.9 Å². The third kappa shape index (κ3) is 4.37. The van der Waals surface area contributed by atoms with Crippen LogP contribution in [0.2, 0.25) is 5.02 Å². The van der Waals surface area contributed by atoms with Crippen LogP contribution >= 0.6 is 11.6 Å². The average molecular weight is 494 g/mol. The molecule has 0 unspecified atom stereocenters. The van der Waals surface area contributed by atoms with Gasteiger partial charge in [0, 0.05) is 13.0 Å². The highest BCUT2D eigenvalue weighted by atomic mass is 35.5. The Morgan fingerprint density at radius 1 is 1.09 bits per heavy atom. The molecule has 3 aromatic rings. The number of carbonyl (C=O) groups is 3. The molecule has 0 saturated carbocycles. The molecule has 0 aliphatic carbocycles. The molecular weight excluding hydrogens is 470 g/mol. The van der Waals surface area contributed by atoms with E-state index >= 15 is 0 Å². The molecule has 4 amide bonds. The molecule has 0 radical (unpaired) electrons. The van der Waals surface area contributed by atoms with Crippen LogP contribution in [0.25, 0.3) is 10.8 Å². The Balaban J connectivity index is 1.26. The van der Waals surface area contributed by atoms with Gasteiger partial charge in [-0.05, 0) is 47.0 Å². The summed E-state index contributed by atoms with van der Waals surface area (Å²) in [7, 11) is 0. The van der Waals surface area contributed by atoms with Crippen molar-refractivity contribution in [1.82, 2.24) is 15.5 Å². The number of hydrogen-bond donors (Lipinski definition) is 2. The van der Waals surface area contributed by atoms with Crippen molar-refractivity contribution >= 4 is 40.2 Å². The van der Waals surface area contributed by atoms with E-state index in [1.54, 1.807) is 19.1 Å². The minimum Gasteiger partial charge on any atom is -0.489 e. The van der Waals surface area contributed by atoms with E-state index in [1.807, 2.05) is 42.5 Å². The van der Waals surface area contributed by atoms with Gasteiger partial charge in [-0.2, -0.15) is 0 Å². The second-order valence-electron chi connectivity index (χ2n) is 8.74. The Morgan fingerprint density at radius 2 is 1.86 bits per heavy atom. The highest BCUT2D eigenvalue weighted by Gasteiger charge is 2.49. The summed E-state index contributed by atoms with van der Waals surface area (Å²) in [5, 5.41) is 7.87. The van der Waals surface area contributed by atoms with Gasteiger partial charge in [-0.25, -0.2) is 4.79 Å². The minimum atomic E-state index is -1.26. The van der Waals surface area contributed by atoms with Gasteiger partial charge in [0.15, 0.2) is 11.5 Å². The van der Waals surface area contributed by atoms with E-state index in [-0.39, 0.29) is 6.54 Å². The lowest BCUT2D eigenvalue weighted by Crippen LogP contribution is -2.43. The van der Waals surface area contributed by atoms with Gasteiger partial charge in [0.05, 0.1) is 18.2 Å². The van der Waals surface area contributed by atoms with Crippen molar-refractivity contribution in [2.24, 2.45) is 0 Å². The van der Waals surface area contributed by atoms with E-state index in [0.717, 1.165) is 22.1 Å². The number of nitrogens with zero attached hydrogens (tertiary/aromatic N) is 1. The molecule has 5 rings (SSSR count). The summed E-state index contributed by atoms with van der Waals surface area (Å²) >= 11 is 6.31. The van der Waals surface area contributed by atoms with Gasteiger partial charge in [0.1, 0.15) is 12.1 Å². The van der Waals surface area contributed by atoms with Crippen LogP contribution in [0.5, 0.6) is 11.5 Å². The fraction of sp³-hybridized carbons (Fsp3) is 0.269. The first-order valence-corrected chi connectivity index (χ1v) is 11.7. The Hall–Kier alpha value is -3.78. The van der Waals surface area contributed by atoms with E-state index in [9.17, 15) is 14.4 Å². The molecule has 2 heterocycles. The van der Waals surface area contributed by atoms with Gasteiger partial charge in [-0.3, -0.25) is 14.5 Å². The lowest BCUT2D eigenvalue weighted by molar-refractivity contribution is -0.134. The molecule has 35 heavy (non-hydrogen) atoms. The molecule has 1 saturated heterocycles. The van der Waals surface area contributed by atoms with Gasteiger partial charge in [-0.15, -0.1) is 0 Å². The van der Waals surface area contributed by atoms with Crippen molar-refractivity contribution in [3.63, 3.8) is 0 Å². The summed E-state index contributed by atoms with van der Waals surface area (Å²) in [6.45, 7) is 2.44. The monoisotopic (exact) mass is 493 g/mol. The number of nitrogens with one attached hydrogen (secondary N) is 2. The normalized spacial score (nSPS) is 19.4. The zero-order chi connectivity index (χ0) is 24.6. The van der Waals surface area contributed by atoms with Crippen molar-refractivity contribution in [2.45, 2.75) is 25.4 Å². The number of hydrogen-bond acceptors (Lipinski definition) is 5. The maximum atomic E-state index is 13.2. The summed E-state index contributed by atoms with van der Waals surface area (Å²) in [6.07, 6.45) is 0.751. The van der Waals surface area contributed by atoms with Crippen molar-refractivity contribution in [3.05, 3.63) is 70.7 Å². The van der Waals surface area contributed by atoms with Gasteiger partial charge in [0.2, 0.25) is 5.91 Å². The second kappa shape index (κ2) is 9.11. The smallest absolute Gasteiger partial charge is 0.325 e. The average Bonchev–Trinajstić information content (AvgIpc) is 3.01. The highest BCUT2D eigenvalue weighted by Crippen LogP contribution is 2.38. The molecule has 0 spiro atoms. The number of carbonyl (C=O) groups excluding carboxylic acids is 3. The molecule has 2 aliphatic rings. The molecule has 2 N–H and O–H groups in total. The number of benzene rings is 3. The second-order valence-corrected chi connectivity index (χ2v) is 9.15. The third-order valence-electron chi connectivity index (χ3n) is 6.26. The first kappa shape index (κ1) is 23.0. The van der Waals surface area contributed by atoms with Gasteiger partial charge in [-0.1, -0.05) is 48.0 Å². The Labute approximate surface area is 207 Å². The predicted molar refractivity (Wildman–Crippen MR) is 130 cm³/mol. The minimum absolute atomic E-state index is 0.154. The summed E-state index contributed by atoms with van der Waals surface area (Å²) in [6, 6.07) is 16.2. The quantitative estimate of drug-likeness (QED) is 0.528. The number of urea groups is 1. The lowest BCUT2D eigenvalue weighted by Gasteiger charge is -2.22. The van der Waals surface area contributed by atoms with E-state index in [2.05, 4.69) is 10.6 Å². The number of fused-ring (bicyclic) bond motifs is 2. The van der Waals surface area contributed by atoms with Gasteiger partial charge < -0.3 is 20.1 Å². The maximum Gasteiger partial charge on any atom is 0.325 e. The van der Waals surface area contributed by atoms with Crippen LogP contribution in [0, 0.1) is 0 Å². The molecule has 0 aromatic heterocycles. The van der Waals surface area contributed by atoms with Crippen LogP contribution in [-0.4, -0.2) is 42.5 Å². The van der Waals surface area contributed by atoms with Crippen molar-refractivity contribution < 1.29 is 23.9 Å². The number of ether oxygens (including phenoxy) is 2. The Bertz CT molecular complexity index is 1340. The largest absolute Gasteiger partial charge is 0.489 e. The molecule has 9 heteroatoms. The standard InChI is InChI=1S/C26H24ClN3O5/c1-26(19-8-7-17-5-2-3-6-18(17)13-19)24(32)30(25(33)29-26)15-22(31)28-14-16-11-20(27)23-21(12-16)34-9-4-10-35-23/h2-3,5-8,11-13H,4,9-10,14-15H2,1H3,(H,28,31)(H,29,33)/t26-/m1/s1. The molecule has 2 aliphatic heterocycles. The molecule has 1 atom stereocenters. The van der Waals surface area contributed by atoms with Crippen LogP contribution in [0.1, 0.15) is 24.5 Å². The summed E-state index contributed by atoms with van der Waals surface area (Å²) in [5.74, 6) is 0.0668. The Morgan fingerprint density at radius 3 is 2.69 bits per heavy atom. The summed E-state index contributed by atoms with van der Waals surface area (Å²) in [4.78, 5) is 39.5. The highest BCUT2D eigenvalue weighted by molar-refractivity contribution is 6.32. The van der Waals surface area contributed by atoms with Crippen molar-refractivity contribution in [3.8, 4) is 11.5 Å². The SMILES string of the molecule is C[C@]1(c2ccc3ccccc3c2)NC(=O)N(CC(=O)NCc2cc(Cl)c3c(c2)OCCCO3)C1=O. The first-order chi connectivity index (χ1) is 16.8. The Kier molecular flexibility index (Phi) is 5.98.